The first-order chi connectivity index (χ1) is 7.40. The number of aliphatic hydroxyl groups is 1. The summed E-state index contributed by atoms with van der Waals surface area (Å²) in [6.07, 6.45) is 3.87. The topological polar surface area (TPSA) is 44.6 Å². The van der Waals surface area contributed by atoms with Crippen LogP contribution < -0.4 is 5.32 Å². The Labute approximate surface area is 88.2 Å². The molecule has 0 aliphatic carbocycles. The predicted molar refractivity (Wildman–Crippen MR) is 60.3 cm³/mol. The predicted octanol–water partition coefficient (Wildman–Crippen LogP) is 1.52. The summed E-state index contributed by atoms with van der Waals surface area (Å²) in [4.78, 5) is 4.20. The molecule has 0 saturated carbocycles. The minimum absolute atomic E-state index is 0.0203. The van der Waals surface area contributed by atoms with Gasteiger partial charge in [0.15, 0.2) is 0 Å². The van der Waals surface area contributed by atoms with Gasteiger partial charge in [0.05, 0.1) is 18.4 Å². The van der Waals surface area contributed by atoms with Gasteiger partial charge in [-0.3, -0.25) is 4.99 Å². The van der Waals surface area contributed by atoms with Crippen LogP contribution >= 0.6 is 0 Å². The van der Waals surface area contributed by atoms with Crippen LogP contribution in [-0.4, -0.2) is 23.5 Å². The van der Waals surface area contributed by atoms with E-state index in [-0.39, 0.29) is 12.6 Å². The van der Waals surface area contributed by atoms with Crippen molar-refractivity contribution in [2.75, 3.05) is 11.9 Å². The zero-order chi connectivity index (χ0) is 10.3. The Balaban J connectivity index is 2.05. The maximum atomic E-state index is 9.21. The fourth-order valence-corrected chi connectivity index (χ4v) is 2.31. The molecule has 0 spiro atoms. The molecule has 2 aliphatic rings. The van der Waals surface area contributed by atoms with Gasteiger partial charge in [0, 0.05) is 17.8 Å². The SMILES string of the molecule is OCC1=NC=C[C@H]2c3ccccc3N[C@@H]12. The lowest BCUT2D eigenvalue weighted by Crippen LogP contribution is -2.33. The van der Waals surface area contributed by atoms with Crippen molar-refractivity contribution in [2.24, 2.45) is 4.99 Å². The fourth-order valence-electron chi connectivity index (χ4n) is 2.31. The van der Waals surface area contributed by atoms with Crippen LogP contribution in [0.3, 0.4) is 0 Å². The molecule has 0 aromatic heterocycles. The van der Waals surface area contributed by atoms with E-state index in [1.165, 1.54) is 5.56 Å². The van der Waals surface area contributed by atoms with Gasteiger partial charge in [-0.25, -0.2) is 0 Å². The van der Waals surface area contributed by atoms with E-state index in [0.29, 0.717) is 5.92 Å². The molecule has 0 radical (unpaired) electrons. The molecule has 15 heavy (non-hydrogen) atoms. The average Bonchev–Trinajstić information content (AvgIpc) is 2.67. The van der Waals surface area contributed by atoms with E-state index in [1.807, 2.05) is 12.1 Å². The highest BCUT2D eigenvalue weighted by atomic mass is 16.3. The molecule has 2 heterocycles. The van der Waals surface area contributed by atoms with Crippen molar-refractivity contribution >= 4 is 11.4 Å². The zero-order valence-corrected chi connectivity index (χ0v) is 8.22. The van der Waals surface area contributed by atoms with E-state index in [4.69, 9.17) is 0 Å². The molecular weight excluding hydrogens is 188 g/mol. The molecule has 2 atom stereocenters. The van der Waals surface area contributed by atoms with Gasteiger partial charge in [-0.15, -0.1) is 0 Å². The summed E-state index contributed by atoms with van der Waals surface area (Å²) in [6.45, 7) is 0.0203. The molecule has 1 aromatic rings. The summed E-state index contributed by atoms with van der Waals surface area (Å²) in [6, 6.07) is 8.38. The normalized spacial score (nSPS) is 26.6. The monoisotopic (exact) mass is 200 g/mol. The number of rotatable bonds is 1. The van der Waals surface area contributed by atoms with Gasteiger partial charge in [-0.2, -0.15) is 0 Å². The maximum Gasteiger partial charge on any atom is 0.0835 e. The Bertz CT molecular complexity index is 451. The van der Waals surface area contributed by atoms with E-state index in [2.05, 4.69) is 28.5 Å². The third kappa shape index (κ3) is 1.20. The molecule has 0 fully saturated rings. The second-order valence-electron chi connectivity index (χ2n) is 3.86. The smallest absolute Gasteiger partial charge is 0.0835 e. The third-order valence-corrected chi connectivity index (χ3v) is 3.04. The zero-order valence-electron chi connectivity index (χ0n) is 8.22. The summed E-state index contributed by atoms with van der Waals surface area (Å²) in [5.74, 6) is 0.320. The highest BCUT2D eigenvalue weighted by Crippen LogP contribution is 2.38. The van der Waals surface area contributed by atoms with E-state index in [0.717, 1.165) is 11.4 Å². The van der Waals surface area contributed by atoms with Gasteiger partial charge in [0.1, 0.15) is 0 Å². The summed E-state index contributed by atoms with van der Waals surface area (Å²) in [5.41, 5.74) is 3.26. The van der Waals surface area contributed by atoms with E-state index in [9.17, 15) is 5.11 Å². The fraction of sp³-hybridized carbons (Fsp3) is 0.250. The molecule has 2 aliphatic heterocycles. The Hall–Kier alpha value is -1.61. The van der Waals surface area contributed by atoms with Crippen LogP contribution in [0.4, 0.5) is 5.69 Å². The molecule has 0 saturated heterocycles. The van der Waals surface area contributed by atoms with Gasteiger partial charge < -0.3 is 10.4 Å². The van der Waals surface area contributed by atoms with Crippen molar-refractivity contribution in [1.29, 1.82) is 0 Å². The first-order valence-electron chi connectivity index (χ1n) is 5.09. The van der Waals surface area contributed by atoms with Crippen molar-refractivity contribution in [3.05, 3.63) is 42.1 Å². The van der Waals surface area contributed by atoms with E-state index in [1.54, 1.807) is 6.20 Å². The number of anilines is 1. The van der Waals surface area contributed by atoms with Crippen molar-refractivity contribution in [2.45, 2.75) is 12.0 Å². The van der Waals surface area contributed by atoms with Crippen LogP contribution in [0, 0.1) is 0 Å². The molecule has 0 unspecified atom stereocenters. The summed E-state index contributed by atoms with van der Waals surface area (Å²) < 4.78 is 0. The van der Waals surface area contributed by atoms with Gasteiger partial charge in [-0.1, -0.05) is 24.3 Å². The van der Waals surface area contributed by atoms with Gasteiger partial charge in [0.25, 0.3) is 0 Å². The average molecular weight is 200 g/mol. The largest absolute Gasteiger partial charge is 0.390 e. The lowest BCUT2D eigenvalue weighted by molar-refractivity contribution is 0.353. The number of aliphatic hydroxyl groups excluding tert-OH is 1. The van der Waals surface area contributed by atoms with Crippen molar-refractivity contribution in [3.63, 3.8) is 0 Å². The van der Waals surface area contributed by atoms with Crippen LogP contribution in [0.5, 0.6) is 0 Å². The lowest BCUT2D eigenvalue weighted by atomic mass is 9.91. The second-order valence-corrected chi connectivity index (χ2v) is 3.86. The number of hydrogen-bond donors (Lipinski definition) is 2. The Kier molecular flexibility index (Phi) is 1.86. The molecule has 3 heteroatoms. The first kappa shape index (κ1) is 8.68. The van der Waals surface area contributed by atoms with Crippen molar-refractivity contribution < 1.29 is 5.11 Å². The molecule has 76 valence electrons. The van der Waals surface area contributed by atoms with Gasteiger partial charge >= 0.3 is 0 Å². The van der Waals surface area contributed by atoms with E-state index >= 15 is 0 Å². The number of para-hydroxylation sites is 1. The summed E-state index contributed by atoms with van der Waals surface area (Å²) in [5, 5.41) is 12.6. The molecule has 1 aromatic carbocycles. The molecule has 3 rings (SSSR count). The molecule has 2 N–H and O–H groups in total. The number of nitrogens with zero attached hydrogens (tertiary/aromatic N) is 1. The van der Waals surface area contributed by atoms with Crippen molar-refractivity contribution in [3.8, 4) is 0 Å². The summed E-state index contributed by atoms with van der Waals surface area (Å²) >= 11 is 0. The van der Waals surface area contributed by atoms with Crippen molar-refractivity contribution in [1.82, 2.24) is 0 Å². The number of nitrogens with one attached hydrogen (secondary N) is 1. The quantitative estimate of drug-likeness (QED) is 0.722. The standard InChI is InChI=1S/C12H12N2O/c15-7-11-12-9(5-6-13-11)8-3-1-2-4-10(8)14-12/h1-6,9,12,14-15H,7H2/t9-,12+/m0/s1. The minimum Gasteiger partial charge on any atom is -0.390 e. The van der Waals surface area contributed by atoms with Gasteiger partial charge in [-0.05, 0) is 11.6 Å². The van der Waals surface area contributed by atoms with Gasteiger partial charge in [0.2, 0.25) is 0 Å². The Morgan fingerprint density at radius 3 is 3.07 bits per heavy atom. The lowest BCUT2D eigenvalue weighted by Gasteiger charge is -2.21. The Morgan fingerprint density at radius 2 is 2.20 bits per heavy atom. The molecule has 0 amide bonds. The third-order valence-electron chi connectivity index (χ3n) is 3.04. The number of fused-ring (bicyclic) bond motifs is 3. The van der Waals surface area contributed by atoms with Crippen LogP contribution in [0.15, 0.2) is 41.5 Å². The Morgan fingerprint density at radius 1 is 1.33 bits per heavy atom. The second kappa shape index (κ2) is 3.21. The number of benzene rings is 1. The first-order valence-corrected chi connectivity index (χ1v) is 5.09. The van der Waals surface area contributed by atoms with Crippen LogP contribution in [0.25, 0.3) is 0 Å². The highest BCUT2D eigenvalue weighted by Gasteiger charge is 2.34. The summed E-state index contributed by atoms with van der Waals surface area (Å²) in [7, 11) is 0. The number of hydrogen-bond acceptors (Lipinski definition) is 3. The van der Waals surface area contributed by atoms with E-state index < -0.39 is 0 Å². The molecular formula is C12H12N2O. The molecule has 0 bridgehead atoms. The highest BCUT2D eigenvalue weighted by molar-refractivity contribution is 5.97. The molecule has 3 nitrogen and oxygen atoms in total. The number of aliphatic imine (C=N–C) groups is 1. The van der Waals surface area contributed by atoms with Crippen LogP contribution in [0.1, 0.15) is 11.5 Å². The maximum absolute atomic E-state index is 9.21. The van der Waals surface area contributed by atoms with Crippen LogP contribution in [-0.2, 0) is 0 Å². The van der Waals surface area contributed by atoms with Crippen LogP contribution in [0.2, 0.25) is 0 Å². The minimum atomic E-state index is 0.0203.